The lowest BCUT2D eigenvalue weighted by Crippen LogP contribution is -2.13. The summed E-state index contributed by atoms with van der Waals surface area (Å²) < 4.78 is 73.7. The number of furan rings is 1. The van der Waals surface area contributed by atoms with Crippen LogP contribution in [0.15, 0.2) is 41.1 Å². The van der Waals surface area contributed by atoms with Crippen LogP contribution in [0.4, 0.5) is 27.9 Å². The van der Waals surface area contributed by atoms with Gasteiger partial charge < -0.3 is 4.42 Å². The lowest BCUT2D eigenvalue weighted by Gasteiger charge is -2.05. The molecule has 15 heteroatoms. The lowest BCUT2D eigenvalue weighted by atomic mass is 10.2. The molecule has 184 valence electrons. The molecule has 35 heavy (non-hydrogen) atoms. The van der Waals surface area contributed by atoms with Crippen LogP contribution in [-0.2, 0) is 13.1 Å². The van der Waals surface area contributed by atoms with Gasteiger partial charge in [0.05, 0.1) is 18.1 Å². The van der Waals surface area contributed by atoms with E-state index in [-0.39, 0.29) is 34.6 Å². The zero-order chi connectivity index (χ0) is 25.3. The minimum Gasteiger partial charge on any atom is -0.454 e. The highest BCUT2D eigenvalue weighted by atomic mass is 35.5. The van der Waals surface area contributed by atoms with E-state index >= 15 is 0 Å². The molecule has 0 atom stereocenters. The fraction of sp³-hybridized carbons (Fsp3) is 0.200. The minimum atomic E-state index is -3.17. The maximum atomic E-state index is 13.9. The van der Waals surface area contributed by atoms with Gasteiger partial charge in [0.2, 0.25) is 5.95 Å². The number of benzene rings is 1. The van der Waals surface area contributed by atoms with E-state index in [0.717, 1.165) is 0 Å². The molecular weight excluding hydrogens is 522 g/mol. The van der Waals surface area contributed by atoms with Crippen LogP contribution in [-0.4, -0.2) is 30.5 Å². The van der Waals surface area contributed by atoms with Crippen LogP contribution in [0.3, 0.4) is 0 Å². The third-order valence-electron chi connectivity index (χ3n) is 4.70. The number of alkyl halides is 4. The molecule has 0 aliphatic rings. The largest absolute Gasteiger partial charge is 0.454 e. The lowest BCUT2D eigenvalue weighted by molar-refractivity contribution is 0.0993. The molecule has 0 aliphatic heterocycles. The number of hydrogen-bond donors (Lipinski definition) is 1. The molecule has 0 saturated heterocycles. The van der Waals surface area contributed by atoms with E-state index in [1.54, 1.807) is 0 Å². The molecular formula is C20H13Cl2F5N6O2. The Morgan fingerprint density at radius 2 is 1.83 bits per heavy atom. The van der Waals surface area contributed by atoms with Crippen molar-refractivity contribution in [3.8, 4) is 0 Å². The van der Waals surface area contributed by atoms with Crippen molar-refractivity contribution in [2.75, 3.05) is 5.32 Å². The highest BCUT2D eigenvalue weighted by Gasteiger charge is 2.28. The van der Waals surface area contributed by atoms with Gasteiger partial charge in [-0.25, -0.2) is 31.6 Å². The summed E-state index contributed by atoms with van der Waals surface area (Å²) in [6.45, 7) is -0.519. The van der Waals surface area contributed by atoms with E-state index in [9.17, 15) is 26.7 Å². The maximum Gasteiger partial charge on any atom is 0.293 e. The summed E-state index contributed by atoms with van der Waals surface area (Å²) in [6, 6.07) is 6.74. The summed E-state index contributed by atoms with van der Waals surface area (Å²) in [5.74, 6) is -1.69. The summed E-state index contributed by atoms with van der Waals surface area (Å²) in [5.41, 5.74) is -1.69. The fourth-order valence-electron chi connectivity index (χ4n) is 3.11. The van der Waals surface area contributed by atoms with E-state index in [0.29, 0.717) is 4.68 Å². The van der Waals surface area contributed by atoms with Gasteiger partial charge in [0.15, 0.2) is 5.76 Å². The van der Waals surface area contributed by atoms with Crippen molar-refractivity contribution in [1.29, 1.82) is 0 Å². The van der Waals surface area contributed by atoms with Gasteiger partial charge in [0, 0.05) is 10.6 Å². The number of hydrogen-bond acceptors (Lipinski definition) is 5. The number of rotatable bonds is 8. The van der Waals surface area contributed by atoms with Crippen molar-refractivity contribution in [3.63, 3.8) is 0 Å². The molecule has 3 aromatic heterocycles. The van der Waals surface area contributed by atoms with E-state index in [2.05, 4.69) is 20.5 Å². The number of nitrogens with zero attached hydrogens (tertiary/aromatic N) is 5. The standard InChI is InChI=1S/C20H13Cl2F5N6O2/c21-11-2-1-3-12(23)10(11)7-32-8-28-20(31-32)29-19(34)13-5-4-9(35-13)6-33-16(18(26)27)14(22)15(30-33)17(24)25/h1-5,8,17-18H,6-7H2,(H,29,31,34). The average Bonchev–Trinajstić information content (AvgIpc) is 3.50. The predicted octanol–water partition coefficient (Wildman–Crippen LogP) is 5.74. The average molecular weight is 535 g/mol. The molecule has 0 spiro atoms. The number of amides is 1. The van der Waals surface area contributed by atoms with Crippen LogP contribution in [0.1, 0.15) is 46.1 Å². The Morgan fingerprint density at radius 1 is 1.06 bits per heavy atom. The van der Waals surface area contributed by atoms with Crippen molar-refractivity contribution in [2.24, 2.45) is 0 Å². The second-order valence-corrected chi connectivity index (χ2v) is 7.81. The summed E-state index contributed by atoms with van der Waals surface area (Å²) in [7, 11) is 0. The Kier molecular flexibility index (Phi) is 7.08. The second-order valence-electron chi connectivity index (χ2n) is 7.03. The Balaban J connectivity index is 1.45. The first-order valence-corrected chi connectivity index (χ1v) is 10.4. The van der Waals surface area contributed by atoms with Gasteiger partial charge in [-0.3, -0.25) is 14.8 Å². The molecule has 0 saturated carbocycles. The van der Waals surface area contributed by atoms with E-state index in [4.69, 9.17) is 27.6 Å². The van der Waals surface area contributed by atoms with Crippen LogP contribution in [0.5, 0.6) is 0 Å². The SMILES string of the molecule is O=C(Nc1ncn(Cc2c(F)cccc2Cl)n1)c1ccc(Cn2nc(C(F)F)c(Cl)c2C(F)F)o1. The molecule has 0 unspecified atom stereocenters. The third kappa shape index (κ3) is 5.30. The van der Waals surface area contributed by atoms with Crippen LogP contribution < -0.4 is 5.32 Å². The summed E-state index contributed by atoms with van der Waals surface area (Å²) in [4.78, 5) is 16.3. The van der Waals surface area contributed by atoms with Crippen molar-refractivity contribution < 1.29 is 31.2 Å². The third-order valence-corrected chi connectivity index (χ3v) is 5.45. The maximum absolute atomic E-state index is 13.9. The minimum absolute atomic E-state index is 0.0234. The predicted molar refractivity (Wildman–Crippen MR) is 113 cm³/mol. The van der Waals surface area contributed by atoms with Crippen molar-refractivity contribution in [1.82, 2.24) is 24.5 Å². The number of aromatic nitrogens is 5. The van der Waals surface area contributed by atoms with Crippen molar-refractivity contribution in [2.45, 2.75) is 25.9 Å². The molecule has 4 aromatic rings. The highest BCUT2D eigenvalue weighted by molar-refractivity contribution is 6.32. The van der Waals surface area contributed by atoms with E-state index < -0.39 is 47.5 Å². The molecule has 1 N–H and O–H groups in total. The molecule has 0 bridgehead atoms. The number of halogens is 7. The highest BCUT2D eigenvalue weighted by Crippen LogP contribution is 2.35. The van der Waals surface area contributed by atoms with Gasteiger partial charge in [-0.05, 0) is 24.3 Å². The molecule has 3 heterocycles. The monoisotopic (exact) mass is 534 g/mol. The number of carbonyl (C=O) groups is 1. The van der Waals surface area contributed by atoms with E-state index in [1.807, 2.05) is 0 Å². The first-order valence-electron chi connectivity index (χ1n) is 9.68. The molecule has 4 rings (SSSR count). The van der Waals surface area contributed by atoms with Gasteiger partial charge in [-0.15, -0.1) is 5.10 Å². The zero-order valence-corrected chi connectivity index (χ0v) is 18.7. The van der Waals surface area contributed by atoms with Crippen LogP contribution in [0.2, 0.25) is 10.0 Å². The molecule has 8 nitrogen and oxygen atoms in total. The zero-order valence-electron chi connectivity index (χ0n) is 17.2. The topological polar surface area (TPSA) is 90.8 Å². The first kappa shape index (κ1) is 24.7. The van der Waals surface area contributed by atoms with Gasteiger partial charge in [0.25, 0.3) is 18.8 Å². The Labute approximate surface area is 203 Å². The summed E-state index contributed by atoms with van der Waals surface area (Å²) in [5, 5.41) is 9.17. The number of carbonyl (C=O) groups excluding carboxylic acids is 1. The Morgan fingerprint density at radius 3 is 2.51 bits per heavy atom. The Bertz CT molecular complexity index is 1350. The molecule has 1 aromatic carbocycles. The summed E-state index contributed by atoms with van der Waals surface area (Å²) >= 11 is 11.6. The van der Waals surface area contributed by atoms with Crippen molar-refractivity contribution >= 4 is 35.1 Å². The first-order chi connectivity index (χ1) is 16.6. The molecule has 0 aliphatic carbocycles. The molecule has 0 radical (unpaired) electrons. The van der Waals surface area contributed by atoms with Crippen LogP contribution in [0, 0.1) is 5.82 Å². The summed E-state index contributed by atoms with van der Waals surface area (Å²) in [6.07, 6.45) is -5.07. The normalized spacial score (nSPS) is 11.6. The Hall–Kier alpha value is -3.45. The van der Waals surface area contributed by atoms with Crippen LogP contribution in [0.25, 0.3) is 0 Å². The van der Waals surface area contributed by atoms with Gasteiger partial charge in [-0.1, -0.05) is 29.3 Å². The quantitative estimate of drug-likeness (QED) is 0.291. The number of anilines is 1. The van der Waals surface area contributed by atoms with Crippen molar-refractivity contribution in [3.05, 3.63) is 81.0 Å². The van der Waals surface area contributed by atoms with Gasteiger partial charge >= 0.3 is 0 Å². The van der Waals surface area contributed by atoms with Gasteiger partial charge in [-0.2, -0.15) is 5.10 Å². The van der Waals surface area contributed by atoms with Crippen LogP contribution >= 0.6 is 23.2 Å². The van der Waals surface area contributed by atoms with Gasteiger partial charge in [0.1, 0.15) is 29.3 Å². The van der Waals surface area contributed by atoms with E-state index in [1.165, 1.54) is 41.3 Å². The molecule has 0 fully saturated rings. The smallest absolute Gasteiger partial charge is 0.293 e. The molecule has 1 amide bonds. The fourth-order valence-corrected chi connectivity index (χ4v) is 3.63. The second kappa shape index (κ2) is 10.0. The number of nitrogens with one attached hydrogen (secondary N) is 1.